The standard InChI is InChI=1S/C14H23N5O2/c1-17(2)14(21)16-8-13(20)19-6-3-4-12(10-19)9-18-7-5-15-11-18/h5,7,11-12H,3-4,6,8-10H2,1-2H3,(H,16,21)/t12-/m1/s1. The second-order valence-electron chi connectivity index (χ2n) is 5.66. The van der Waals surface area contributed by atoms with Crippen LogP contribution < -0.4 is 5.32 Å². The van der Waals surface area contributed by atoms with Gasteiger partial charge < -0.3 is 19.7 Å². The Bertz CT molecular complexity index is 472. The molecule has 1 atom stereocenters. The molecule has 1 aliphatic heterocycles. The van der Waals surface area contributed by atoms with Gasteiger partial charge in [0.2, 0.25) is 5.91 Å². The molecule has 2 rings (SSSR count). The van der Waals surface area contributed by atoms with E-state index in [1.54, 1.807) is 26.6 Å². The van der Waals surface area contributed by atoms with Crippen LogP contribution >= 0.6 is 0 Å². The molecule has 7 nitrogen and oxygen atoms in total. The summed E-state index contributed by atoms with van der Waals surface area (Å²) in [5.74, 6) is 0.432. The van der Waals surface area contributed by atoms with Gasteiger partial charge in [0, 0.05) is 46.1 Å². The van der Waals surface area contributed by atoms with E-state index < -0.39 is 0 Å². The maximum atomic E-state index is 12.1. The van der Waals surface area contributed by atoms with Crippen LogP contribution in [0.2, 0.25) is 0 Å². The molecular weight excluding hydrogens is 270 g/mol. The fraction of sp³-hybridized carbons (Fsp3) is 0.643. The van der Waals surface area contributed by atoms with Gasteiger partial charge in [0.25, 0.3) is 0 Å². The Hall–Kier alpha value is -2.05. The number of nitrogens with one attached hydrogen (secondary N) is 1. The van der Waals surface area contributed by atoms with Gasteiger partial charge in [0.15, 0.2) is 0 Å². The highest BCUT2D eigenvalue weighted by Gasteiger charge is 2.24. The molecule has 1 saturated heterocycles. The SMILES string of the molecule is CN(C)C(=O)NCC(=O)N1CCC[C@H](Cn2ccnc2)C1. The Morgan fingerprint density at radius 2 is 2.24 bits per heavy atom. The summed E-state index contributed by atoms with van der Waals surface area (Å²) < 4.78 is 2.05. The van der Waals surface area contributed by atoms with Crippen molar-refractivity contribution in [1.29, 1.82) is 0 Å². The maximum Gasteiger partial charge on any atom is 0.317 e. The lowest BCUT2D eigenvalue weighted by Gasteiger charge is -2.33. The van der Waals surface area contributed by atoms with Crippen molar-refractivity contribution in [3.8, 4) is 0 Å². The third-order valence-electron chi connectivity index (χ3n) is 3.70. The zero-order valence-electron chi connectivity index (χ0n) is 12.7. The van der Waals surface area contributed by atoms with Gasteiger partial charge in [-0.2, -0.15) is 0 Å². The molecule has 1 aromatic heterocycles. The summed E-state index contributed by atoms with van der Waals surface area (Å²) in [7, 11) is 3.31. The van der Waals surface area contributed by atoms with Crippen LogP contribution in [0, 0.1) is 5.92 Å². The Morgan fingerprint density at radius 1 is 1.43 bits per heavy atom. The summed E-state index contributed by atoms with van der Waals surface area (Å²) in [6.45, 7) is 2.47. The Morgan fingerprint density at radius 3 is 2.90 bits per heavy atom. The van der Waals surface area contributed by atoms with Crippen LogP contribution in [0.25, 0.3) is 0 Å². The van der Waals surface area contributed by atoms with Crippen LogP contribution in [0.3, 0.4) is 0 Å². The van der Waals surface area contributed by atoms with Crippen molar-refractivity contribution in [2.45, 2.75) is 19.4 Å². The van der Waals surface area contributed by atoms with Gasteiger partial charge in [-0.25, -0.2) is 9.78 Å². The first-order valence-corrected chi connectivity index (χ1v) is 7.25. The third-order valence-corrected chi connectivity index (χ3v) is 3.70. The summed E-state index contributed by atoms with van der Waals surface area (Å²) in [6.07, 6.45) is 7.64. The molecule has 1 aromatic rings. The molecule has 1 fully saturated rings. The van der Waals surface area contributed by atoms with Gasteiger partial charge >= 0.3 is 6.03 Å². The highest BCUT2D eigenvalue weighted by molar-refractivity contribution is 5.83. The third kappa shape index (κ3) is 4.47. The monoisotopic (exact) mass is 293 g/mol. The predicted octanol–water partition coefficient (Wildman–Crippen LogP) is 0.393. The maximum absolute atomic E-state index is 12.1. The van der Waals surface area contributed by atoms with Crippen molar-refractivity contribution >= 4 is 11.9 Å². The number of amides is 3. The van der Waals surface area contributed by atoms with E-state index in [4.69, 9.17) is 0 Å². The number of carbonyl (C=O) groups excluding carboxylic acids is 2. The molecular formula is C14H23N5O2. The number of piperidine rings is 1. The van der Waals surface area contributed by atoms with Crippen LogP contribution in [0.5, 0.6) is 0 Å². The van der Waals surface area contributed by atoms with Gasteiger partial charge in [0.1, 0.15) is 0 Å². The molecule has 21 heavy (non-hydrogen) atoms. The molecule has 7 heteroatoms. The average Bonchev–Trinajstić information content (AvgIpc) is 2.97. The molecule has 0 radical (unpaired) electrons. The van der Waals surface area contributed by atoms with E-state index in [2.05, 4.69) is 10.3 Å². The molecule has 0 spiro atoms. The second-order valence-corrected chi connectivity index (χ2v) is 5.66. The minimum Gasteiger partial charge on any atom is -0.341 e. The predicted molar refractivity (Wildman–Crippen MR) is 78.6 cm³/mol. The van der Waals surface area contributed by atoms with E-state index in [0.717, 1.165) is 32.5 Å². The van der Waals surface area contributed by atoms with Crippen LogP contribution in [0.15, 0.2) is 18.7 Å². The van der Waals surface area contributed by atoms with Crippen molar-refractivity contribution in [3.05, 3.63) is 18.7 Å². The van der Waals surface area contributed by atoms with Crippen LogP contribution in [-0.4, -0.2) is 65.0 Å². The number of rotatable bonds is 4. The van der Waals surface area contributed by atoms with E-state index in [1.165, 1.54) is 4.90 Å². The van der Waals surface area contributed by atoms with Crippen LogP contribution in [0.4, 0.5) is 4.79 Å². The summed E-state index contributed by atoms with van der Waals surface area (Å²) in [4.78, 5) is 30.9. The van der Waals surface area contributed by atoms with Crippen molar-refractivity contribution in [1.82, 2.24) is 24.7 Å². The normalized spacial score (nSPS) is 18.4. The second kappa shape index (κ2) is 7.10. The molecule has 0 aliphatic carbocycles. The largest absolute Gasteiger partial charge is 0.341 e. The Balaban J connectivity index is 1.80. The molecule has 2 heterocycles. The van der Waals surface area contributed by atoms with E-state index in [1.807, 2.05) is 15.7 Å². The van der Waals surface area contributed by atoms with Gasteiger partial charge in [-0.05, 0) is 18.8 Å². The minimum absolute atomic E-state index is 0.0134. The summed E-state index contributed by atoms with van der Waals surface area (Å²) in [5.41, 5.74) is 0. The molecule has 116 valence electrons. The minimum atomic E-state index is -0.240. The van der Waals surface area contributed by atoms with Crippen molar-refractivity contribution in [3.63, 3.8) is 0 Å². The zero-order valence-corrected chi connectivity index (χ0v) is 12.7. The van der Waals surface area contributed by atoms with Crippen molar-refractivity contribution in [2.24, 2.45) is 5.92 Å². The first-order chi connectivity index (χ1) is 10.1. The van der Waals surface area contributed by atoms with Gasteiger partial charge in [-0.15, -0.1) is 0 Å². The quantitative estimate of drug-likeness (QED) is 0.873. The van der Waals surface area contributed by atoms with Gasteiger partial charge in [-0.3, -0.25) is 4.79 Å². The number of hydrogen-bond acceptors (Lipinski definition) is 3. The zero-order chi connectivity index (χ0) is 15.2. The Labute approximate surface area is 124 Å². The van der Waals surface area contributed by atoms with Crippen LogP contribution in [0.1, 0.15) is 12.8 Å². The molecule has 0 aromatic carbocycles. The van der Waals surface area contributed by atoms with Crippen molar-refractivity contribution < 1.29 is 9.59 Å². The van der Waals surface area contributed by atoms with E-state index in [0.29, 0.717) is 5.92 Å². The number of imidazole rings is 1. The number of aromatic nitrogens is 2. The number of carbonyl (C=O) groups is 2. The van der Waals surface area contributed by atoms with E-state index in [9.17, 15) is 9.59 Å². The molecule has 1 aliphatic rings. The number of urea groups is 1. The lowest BCUT2D eigenvalue weighted by Crippen LogP contribution is -2.47. The smallest absolute Gasteiger partial charge is 0.317 e. The molecule has 0 bridgehead atoms. The molecule has 3 amide bonds. The molecule has 0 unspecified atom stereocenters. The van der Waals surface area contributed by atoms with E-state index in [-0.39, 0.29) is 18.5 Å². The highest BCUT2D eigenvalue weighted by atomic mass is 16.2. The topological polar surface area (TPSA) is 70.5 Å². The summed E-state index contributed by atoms with van der Waals surface area (Å²) >= 11 is 0. The van der Waals surface area contributed by atoms with Gasteiger partial charge in [0.05, 0.1) is 12.9 Å². The highest BCUT2D eigenvalue weighted by Crippen LogP contribution is 2.18. The summed E-state index contributed by atoms with van der Waals surface area (Å²) in [5, 5.41) is 2.62. The lowest BCUT2D eigenvalue weighted by atomic mass is 9.98. The summed E-state index contributed by atoms with van der Waals surface area (Å²) in [6, 6.07) is -0.240. The van der Waals surface area contributed by atoms with Crippen molar-refractivity contribution in [2.75, 3.05) is 33.7 Å². The molecule has 0 saturated carbocycles. The Kier molecular flexibility index (Phi) is 5.19. The first-order valence-electron chi connectivity index (χ1n) is 7.25. The number of likely N-dealkylation sites (tertiary alicyclic amines) is 1. The van der Waals surface area contributed by atoms with Gasteiger partial charge in [-0.1, -0.05) is 0 Å². The molecule has 1 N–H and O–H groups in total. The average molecular weight is 293 g/mol. The number of nitrogens with zero attached hydrogens (tertiary/aromatic N) is 4. The van der Waals surface area contributed by atoms with E-state index >= 15 is 0 Å². The first kappa shape index (κ1) is 15.3. The lowest BCUT2D eigenvalue weighted by molar-refractivity contribution is -0.132. The fourth-order valence-corrected chi connectivity index (χ4v) is 2.55. The fourth-order valence-electron chi connectivity index (χ4n) is 2.55. The van der Waals surface area contributed by atoms with Crippen LogP contribution in [-0.2, 0) is 11.3 Å². The number of hydrogen-bond donors (Lipinski definition) is 1.